The molecule has 0 saturated carbocycles. The van der Waals surface area contributed by atoms with Gasteiger partial charge in [-0.1, -0.05) is 66.7 Å². The summed E-state index contributed by atoms with van der Waals surface area (Å²) < 4.78 is 32.6. The summed E-state index contributed by atoms with van der Waals surface area (Å²) in [5.74, 6) is -0.406. The number of hydrogen-bond acceptors (Lipinski definition) is 9. The maximum Gasteiger partial charge on any atom is 0.296 e. The maximum atomic E-state index is 11.6. The lowest BCUT2D eigenvalue weighted by Crippen LogP contribution is -1.97. The molecule has 5 aromatic rings. The van der Waals surface area contributed by atoms with Crippen molar-refractivity contribution in [2.24, 2.45) is 20.5 Å². The summed E-state index contributed by atoms with van der Waals surface area (Å²) in [7, 11) is -4.54. The summed E-state index contributed by atoms with van der Waals surface area (Å²) >= 11 is 0. The minimum Gasteiger partial charge on any atom is -0.506 e. The predicted molar refractivity (Wildman–Crippen MR) is 153 cm³/mol. The van der Waals surface area contributed by atoms with E-state index in [-0.39, 0.29) is 39.8 Å². The molecule has 0 aliphatic rings. The van der Waals surface area contributed by atoms with E-state index in [0.717, 1.165) is 17.4 Å². The number of phenols is 2. The Morgan fingerprint density at radius 3 is 2.07 bits per heavy atom. The summed E-state index contributed by atoms with van der Waals surface area (Å²) in [4.78, 5) is -0.438. The Labute approximate surface area is 235 Å². The zero-order chi connectivity index (χ0) is 29.0. The molecule has 41 heavy (non-hydrogen) atoms. The monoisotopic (exact) mass is 568 g/mol. The molecule has 0 aliphatic heterocycles. The molecule has 0 radical (unpaired) electrons. The average Bonchev–Trinajstić information content (AvgIpc) is 2.96. The van der Waals surface area contributed by atoms with Crippen molar-refractivity contribution in [2.75, 3.05) is 0 Å². The minimum absolute atomic E-state index is 0.00374. The third-order valence-electron chi connectivity index (χ3n) is 6.31. The first-order chi connectivity index (χ1) is 19.7. The zero-order valence-corrected chi connectivity index (χ0v) is 22.3. The Kier molecular flexibility index (Phi) is 7.83. The van der Waals surface area contributed by atoms with Crippen molar-refractivity contribution < 1.29 is 28.3 Å². The number of benzene rings is 5. The molecule has 0 fully saturated rings. The first-order valence-corrected chi connectivity index (χ1v) is 13.8. The van der Waals surface area contributed by atoms with Crippen LogP contribution in [0.1, 0.15) is 16.7 Å². The van der Waals surface area contributed by atoms with Crippen LogP contribution in [0.15, 0.2) is 122 Å². The molecule has 0 spiro atoms. The van der Waals surface area contributed by atoms with Crippen LogP contribution in [-0.4, -0.2) is 28.3 Å². The van der Waals surface area contributed by atoms with Gasteiger partial charge in [-0.05, 0) is 47.2 Å². The van der Waals surface area contributed by atoms with Crippen LogP contribution in [-0.2, 0) is 23.1 Å². The quantitative estimate of drug-likeness (QED) is 0.112. The van der Waals surface area contributed by atoms with Crippen LogP contribution >= 0.6 is 0 Å². The molecule has 10 nitrogen and oxygen atoms in total. The van der Waals surface area contributed by atoms with Gasteiger partial charge in [-0.15, -0.1) is 15.3 Å². The van der Waals surface area contributed by atoms with Crippen LogP contribution in [0.2, 0.25) is 0 Å². The van der Waals surface area contributed by atoms with Gasteiger partial charge < -0.3 is 15.3 Å². The first kappa shape index (κ1) is 27.6. The lowest BCUT2D eigenvalue weighted by molar-refractivity contribution is 0.282. The number of azo groups is 2. The number of aliphatic hydroxyl groups excluding tert-OH is 1. The molecule has 0 heterocycles. The fourth-order valence-corrected chi connectivity index (χ4v) is 4.88. The van der Waals surface area contributed by atoms with Gasteiger partial charge in [0.05, 0.1) is 12.3 Å². The van der Waals surface area contributed by atoms with Gasteiger partial charge in [0.15, 0.2) is 5.75 Å². The summed E-state index contributed by atoms with van der Waals surface area (Å²) in [6.07, 6.45) is 0.758. The first-order valence-electron chi connectivity index (χ1n) is 12.4. The molecule has 0 saturated heterocycles. The molecule has 5 rings (SSSR count). The fourth-order valence-electron chi connectivity index (χ4n) is 4.26. The van der Waals surface area contributed by atoms with Crippen molar-refractivity contribution >= 4 is 43.6 Å². The summed E-state index contributed by atoms with van der Waals surface area (Å²) in [5, 5.41) is 48.6. The van der Waals surface area contributed by atoms with E-state index in [1.54, 1.807) is 6.07 Å². The van der Waals surface area contributed by atoms with Gasteiger partial charge in [-0.2, -0.15) is 13.5 Å². The SMILES string of the molecule is O=S(=O)(O)c1ccccc1N=Nc1cc(O)c(N=Nc2ccc3cc(Cc4ccccc4)ccc3c2O)cc1CO. The van der Waals surface area contributed by atoms with Crippen molar-refractivity contribution in [1.82, 2.24) is 0 Å². The van der Waals surface area contributed by atoms with Crippen molar-refractivity contribution in [3.05, 3.63) is 114 Å². The highest BCUT2D eigenvalue weighted by Gasteiger charge is 2.15. The van der Waals surface area contributed by atoms with Gasteiger partial charge in [-0.25, -0.2) is 0 Å². The number of aromatic hydroxyl groups is 2. The molecule has 0 aliphatic carbocycles. The smallest absolute Gasteiger partial charge is 0.296 e. The molecule has 4 N–H and O–H groups in total. The Balaban J connectivity index is 1.40. The highest BCUT2D eigenvalue weighted by molar-refractivity contribution is 7.86. The summed E-state index contributed by atoms with van der Waals surface area (Å²) in [5.41, 5.74) is 2.61. The Morgan fingerprint density at radius 2 is 1.32 bits per heavy atom. The van der Waals surface area contributed by atoms with E-state index >= 15 is 0 Å². The molecule has 5 aromatic carbocycles. The van der Waals surface area contributed by atoms with Crippen LogP contribution in [0, 0.1) is 0 Å². The highest BCUT2D eigenvalue weighted by Crippen LogP contribution is 2.39. The Morgan fingerprint density at radius 1 is 0.634 bits per heavy atom. The van der Waals surface area contributed by atoms with Crippen LogP contribution in [0.4, 0.5) is 22.7 Å². The van der Waals surface area contributed by atoms with Crippen LogP contribution in [0.25, 0.3) is 10.8 Å². The lowest BCUT2D eigenvalue weighted by atomic mass is 10.0. The van der Waals surface area contributed by atoms with Crippen molar-refractivity contribution in [1.29, 1.82) is 0 Å². The van der Waals surface area contributed by atoms with Crippen LogP contribution in [0.3, 0.4) is 0 Å². The Hall–Kier alpha value is -4.97. The topological polar surface area (TPSA) is 164 Å². The van der Waals surface area contributed by atoms with E-state index in [9.17, 15) is 28.3 Å². The number of rotatable bonds is 8. The molecular weight excluding hydrogens is 544 g/mol. The van der Waals surface area contributed by atoms with E-state index < -0.39 is 21.6 Å². The summed E-state index contributed by atoms with van der Waals surface area (Å²) in [6, 6.07) is 27.3. The van der Waals surface area contributed by atoms with Crippen LogP contribution in [0.5, 0.6) is 11.5 Å². The highest BCUT2D eigenvalue weighted by atomic mass is 32.2. The molecule has 0 aromatic heterocycles. The van der Waals surface area contributed by atoms with Gasteiger partial charge in [0.25, 0.3) is 10.1 Å². The molecule has 0 amide bonds. The van der Waals surface area contributed by atoms with E-state index in [2.05, 4.69) is 32.6 Å². The standard InChI is InChI=1S/C30H24N4O6S/c35-18-22-16-27(28(36)17-26(22)33-31-24-8-4-5-9-29(24)41(38,39)40)34-32-25-13-11-21-15-20(10-12-23(21)30(25)37)14-19-6-2-1-3-7-19/h1-13,15-17,35-37H,14,18H2,(H,38,39,40). The third kappa shape index (κ3) is 6.28. The predicted octanol–water partition coefficient (Wildman–Crippen LogP) is 7.41. The normalized spacial score (nSPS) is 12.0. The molecule has 206 valence electrons. The zero-order valence-electron chi connectivity index (χ0n) is 21.5. The molecule has 11 heteroatoms. The van der Waals surface area contributed by atoms with Crippen molar-refractivity contribution in [3.8, 4) is 11.5 Å². The fraction of sp³-hybridized carbons (Fsp3) is 0.0667. The second-order valence-corrected chi connectivity index (χ2v) is 10.5. The van der Waals surface area contributed by atoms with E-state index in [1.165, 1.54) is 42.0 Å². The van der Waals surface area contributed by atoms with Gasteiger partial charge in [0, 0.05) is 17.0 Å². The van der Waals surface area contributed by atoms with E-state index in [0.29, 0.717) is 5.39 Å². The average molecular weight is 569 g/mol. The number of phenolic OH excluding ortho intramolecular Hbond substituents is 2. The van der Waals surface area contributed by atoms with Crippen molar-refractivity contribution in [3.63, 3.8) is 0 Å². The number of fused-ring (bicyclic) bond motifs is 1. The van der Waals surface area contributed by atoms with E-state index in [4.69, 9.17) is 0 Å². The second kappa shape index (κ2) is 11.6. The van der Waals surface area contributed by atoms with Crippen LogP contribution < -0.4 is 0 Å². The van der Waals surface area contributed by atoms with Gasteiger partial charge in [0.1, 0.15) is 27.7 Å². The lowest BCUT2D eigenvalue weighted by Gasteiger charge is -2.08. The van der Waals surface area contributed by atoms with Gasteiger partial charge >= 0.3 is 0 Å². The summed E-state index contributed by atoms with van der Waals surface area (Å²) in [6.45, 7) is -0.496. The number of hydrogen-bond donors (Lipinski definition) is 4. The molecule has 0 unspecified atom stereocenters. The molecule has 0 atom stereocenters. The van der Waals surface area contributed by atoms with Gasteiger partial charge in [0.2, 0.25) is 0 Å². The van der Waals surface area contributed by atoms with E-state index in [1.807, 2.05) is 42.5 Å². The number of nitrogens with zero attached hydrogens (tertiary/aromatic N) is 4. The van der Waals surface area contributed by atoms with Crippen molar-refractivity contribution in [2.45, 2.75) is 17.9 Å². The molecular formula is C30H24N4O6S. The number of aliphatic hydroxyl groups is 1. The Bertz CT molecular complexity index is 1910. The van der Waals surface area contributed by atoms with Gasteiger partial charge in [-0.3, -0.25) is 4.55 Å². The molecule has 0 bridgehead atoms. The largest absolute Gasteiger partial charge is 0.506 e. The minimum atomic E-state index is -4.54. The third-order valence-corrected chi connectivity index (χ3v) is 7.21. The maximum absolute atomic E-state index is 11.6. The second-order valence-electron chi connectivity index (χ2n) is 9.12.